The van der Waals surface area contributed by atoms with Gasteiger partial charge in [-0.25, -0.2) is 0 Å². The molecule has 0 aliphatic carbocycles. The van der Waals surface area contributed by atoms with E-state index in [4.69, 9.17) is 4.74 Å². The standard InChI is InChI=1S/C18H22O/c1-12-9-15(4)17(16(5)10-12)11-19-18-13(2)7-6-8-14(18)3/h6-10H,11H2,1-5H3. The van der Waals surface area contributed by atoms with Crippen LogP contribution < -0.4 is 4.74 Å². The molecule has 0 aliphatic rings. The minimum atomic E-state index is 0.643. The van der Waals surface area contributed by atoms with Gasteiger partial charge < -0.3 is 4.74 Å². The van der Waals surface area contributed by atoms with Crippen molar-refractivity contribution in [1.29, 1.82) is 0 Å². The fraction of sp³-hybridized carbons (Fsp3) is 0.333. The Morgan fingerprint density at radius 3 is 1.84 bits per heavy atom. The molecule has 0 radical (unpaired) electrons. The van der Waals surface area contributed by atoms with Crippen molar-refractivity contribution in [3.63, 3.8) is 0 Å². The monoisotopic (exact) mass is 254 g/mol. The van der Waals surface area contributed by atoms with E-state index in [-0.39, 0.29) is 0 Å². The Bertz CT molecular complexity index is 553. The molecule has 2 aromatic rings. The normalized spacial score (nSPS) is 10.6. The van der Waals surface area contributed by atoms with Crippen molar-refractivity contribution >= 4 is 0 Å². The lowest BCUT2D eigenvalue weighted by Crippen LogP contribution is -2.03. The van der Waals surface area contributed by atoms with Gasteiger partial charge in [0.1, 0.15) is 12.4 Å². The molecule has 100 valence electrons. The Hall–Kier alpha value is -1.76. The Morgan fingerprint density at radius 1 is 0.789 bits per heavy atom. The smallest absolute Gasteiger partial charge is 0.125 e. The maximum Gasteiger partial charge on any atom is 0.125 e. The van der Waals surface area contributed by atoms with Crippen LogP contribution in [0.15, 0.2) is 30.3 Å². The van der Waals surface area contributed by atoms with E-state index in [1.807, 2.05) is 0 Å². The molecule has 2 rings (SSSR count). The van der Waals surface area contributed by atoms with Gasteiger partial charge in [0.05, 0.1) is 0 Å². The van der Waals surface area contributed by atoms with Gasteiger partial charge in [-0.3, -0.25) is 0 Å². The van der Waals surface area contributed by atoms with Crippen LogP contribution in [0.5, 0.6) is 5.75 Å². The van der Waals surface area contributed by atoms with E-state index in [2.05, 4.69) is 65.0 Å². The first-order chi connectivity index (χ1) is 8.99. The van der Waals surface area contributed by atoms with Gasteiger partial charge in [-0.05, 0) is 62.4 Å². The molecular weight excluding hydrogens is 232 g/mol. The predicted molar refractivity (Wildman–Crippen MR) is 80.9 cm³/mol. The summed E-state index contributed by atoms with van der Waals surface area (Å²) in [4.78, 5) is 0. The Kier molecular flexibility index (Phi) is 3.94. The van der Waals surface area contributed by atoms with Crippen LogP contribution in [0.2, 0.25) is 0 Å². The molecule has 0 saturated carbocycles. The van der Waals surface area contributed by atoms with Crippen LogP contribution in [0.4, 0.5) is 0 Å². The highest BCUT2D eigenvalue weighted by molar-refractivity contribution is 5.41. The maximum atomic E-state index is 6.06. The number of aryl methyl sites for hydroxylation is 5. The van der Waals surface area contributed by atoms with Crippen LogP contribution >= 0.6 is 0 Å². The van der Waals surface area contributed by atoms with Crippen molar-refractivity contribution < 1.29 is 4.74 Å². The lowest BCUT2D eigenvalue weighted by Gasteiger charge is -2.15. The molecule has 0 heterocycles. The van der Waals surface area contributed by atoms with E-state index in [9.17, 15) is 0 Å². The molecule has 19 heavy (non-hydrogen) atoms. The minimum Gasteiger partial charge on any atom is -0.488 e. The first-order valence-electron chi connectivity index (χ1n) is 6.75. The summed E-state index contributed by atoms with van der Waals surface area (Å²) >= 11 is 0. The number of hydrogen-bond acceptors (Lipinski definition) is 1. The van der Waals surface area contributed by atoms with Gasteiger partial charge in [-0.1, -0.05) is 35.9 Å². The first-order valence-corrected chi connectivity index (χ1v) is 6.75. The Morgan fingerprint density at radius 2 is 1.32 bits per heavy atom. The second kappa shape index (κ2) is 5.48. The van der Waals surface area contributed by atoms with E-state index in [0.29, 0.717) is 6.61 Å². The van der Waals surface area contributed by atoms with E-state index in [1.54, 1.807) is 0 Å². The molecule has 0 fully saturated rings. The van der Waals surface area contributed by atoms with Gasteiger partial charge in [0.2, 0.25) is 0 Å². The van der Waals surface area contributed by atoms with Crippen LogP contribution in [0.1, 0.15) is 33.4 Å². The molecule has 0 saturated heterocycles. The van der Waals surface area contributed by atoms with Crippen LogP contribution in [0.25, 0.3) is 0 Å². The van der Waals surface area contributed by atoms with Gasteiger partial charge in [0, 0.05) is 0 Å². The van der Waals surface area contributed by atoms with Crippen molar-refractivity contribution in [2.45, 2.75) is 41.2 Å². The highest BCUT2D eigenvalue weighted by Gasteiger charge is 2.07. The lowest BCUT2D eigenvalue weighted by atomic mass is 10.0. The van der Waals surface area contributed by atoms with Crippen molar-refractivity contribution in [1.82, 2.24) is 0 Å². The zero-order valence-corrected chi connectivity index (χ0v) is 12.5. The third-order valence-corrected chi connectivity index (χ3v) is 3.61. The van der Waals surface area contributed by atoms with E-state index >= 15 is 0 Å². The quantitative estimate of drug-likeness (QED) is 0.764. The van der Waals surface area contributed by atoms with Crippen LogP contribution in [-0.2, 0) is 6.61 Å². The third kappa shape index (κ3) is 2.98. The zero-order chi connectivity index (χ0) is 14.0. The SMILES string of the molecule is Cc1cc(C)c(COc2c(C)cccc2C)c(C)c1. The van der Waals surface area contributed by atoms with E-state index in [0.717, 1.165) is 5.75 Å². The maximum absolute atomic E-state index is 6.06. The summed E-state index contributed by atoms with van der Waals surface area (Å²) in [5.74, 6) is 1.02. The zero-order valence-electron chi connectivity index (χ0n) is 12.5. The number of rotatable bonds is 3. The molecule has 0 aromatic heterocycles. The summed E-state index contributed by atoms with van der Waals surface area (Å²) in [7, 11) is 0. The molecule has 1 heteroatoms. The average Bonchev–Trinajstić information content (AvgIpc) is 2.31. The topological polar surface area (TPSA) is 9.23 Å². The van der Waals surface area contributed by atoms with Gasteiger partial charge in [0.25, 0.3) is 0 Å². The van der Waals surface area contributed by atoms with Crippen LogP contribution in [0, 0.1) is 34.6 Å². The minimum absolute atomic E-state index is 0.643. The largest absolute Gasteiger partial charge is 0.488 e. The first kappa shape index (κ1) is 13.7. The second-order valence-electron chi connectivity index (χ2n) is 5.39. The Labute approximate surface area is 116 Å². The summed E-state index contributed by atoms with van der Waals surface area (Å²) in [6.07, 6.45) is 0. The van der Waals surface area contributed by atoms with Crippen molar-refractivity contribution in [2.75, 3.05) is 0 Å². The molecule has 0 aliphatic heterocycles. The molecule has 2 aromatic carbocycles. The fourth-order valence-electron chi connectivity index (χ4n) is 2.61. The summed E-state index contributed by atoms with van der Waals surface area (Å²) in [5, 5.41) is 0. The fourth-order valence-corrected chi connectivity index (χ4v) is 2.61. The molecule has 0 N–H and O–H groups in total. The van der Waals surface area contributed by atoms with Gasteiger partial charge in [-0.15, -0.1) is 0 Å². The summed E-state index contributed by atoms with van der Waals surface area (Å²) < 4.78 is 6.06. The van der Waals surface area contributed by atoms with Gasteiger partial charge in [-0.2, -0.15) is 0 Å². The summed E-state index contributed by atoms with van der Waals surface area (Å²) in [6, 6.07) is 10.7. The highest BCUT2D eigenvalue weighted by atomic mass is 16.5. The summed E-state index contributed by atoms with van der Waals surface area (Å²) in [5.41, 5.74) is 7.62. The molecule has 0 unspecified atom stereocenters. The molecule has 0 spiro atoms. The number of hydrogen-bond donors (Lipinski definition) is 0. The molecular formula is C18H22O. The van der Waals surface area contributed by atoms with Crippen molar-refractivity contribution in [3.05, 3.63) is 63.7 Å². The number of benzene rings is 2. The van der Waals surface area contributed by atoms with E-state index < -0.39 is 0 Å². The average molecular weight is 254 g/mol. The lowest BCUT2D eigenvalue weighted by molar-refractivity contribution is 0.300. The molecule has 0 bridgehead atoms. The Balaban J connectivity index is 2.24. The number of ether oxygens (including phenoxy) is 1. The van der Waals surface area contributed by atoms with E-state index in [1.165, 1.54) is 33.4 Å². The van der Waals surface area contributed by atoms with Crippen LogP contribution in [0.3, 0.4) is 0 Å². The van der Waals surface area contributed by atoms with Crippen molar-refractivity contribution in [3.8, 4) is 5.75 Å². The third-order valence-electron chi connectivity index (χ3n) is 3.61. The highest BCUT2D eigenvalue weighted by Crippen LogP contribution is 2.25. The van der Waals surface area contributed by atoms with Crippen LogP contribution in [-0.4, -0.2) is 0 Å². The number of para-hydroxylation sites is 1. The molecule has 0 atom stereocenters. The molecule has 0 amide bonds. The molecule has 1 nitrogen and oxygen atoms in total. The second-order valence-corrected chi connectivity index (χ2v) is 5.39. The summed E-state index contributed by atoms with van der Waals surface area (Å²) in [6.45, 7) is 11.3. The predicted octanol–water partition coefficient (Wildman–Crippen LogP) is 4.81. The van der Waals surface area contributed by atoms with Gasteiger partial charge in [0.15, 0.2) is 0 Å². The van der Waals surface area contributed by atoms with Gasteiger partial charge >= 0.3 is 0 Å². The van der Waals surface area contributed by atoms with Crippen molar-refractivity contribution in [2.24, 2.45) is 0 Å².